The third kappa shape index (κ3) is 4.70. The van der Waals surface area contributed by atoms with Crippen LogP contribution < -0.4 is 11.1 Å². The van der Waals surface area contributed by atoms with E-state index in [-0.39, 0.29) is 5.91 Å². The van der Waals surface area contributed by atoms with Crippen LogP contribution in [-0.2, 0) is 22.7 Å². The van der Waals surface area contributed by atoms with Crippen LogP contribution in [0.1, 0.15) is 18.1 Å². The summed E-state index contributed by atoms with van der Waals surface area (Å²) < 4.78 is 5.57. The molecule has 0 spiro atoms. The normalized spacial score (nSPS) is 11.9. The summed E-state index contributed by atoms with van der Waals surface area (Å²) >= 11 is 0. The molecule has 0 aliphatic heterocycles. The summed E-state index contributed by atoms with van der Waals surface area (Å²) in [7, 11) is 0. The first-order valence-corrected chi connectivity index (χ1v) is 6.94. The van der Waals surface area contributed by atoms with Crippen LogP contribution in [0.15, 0.2) is 54.6 Å². The maximum atomic E-state index is 12.0. The van der Waals surface area contributed by atoms with Gasteiger partial charge in [0.2, 0.25) is 0 Å². The lowest BCUT2D eigenvalue weighted by atomic mass is 10.2. The van der Waals surface area contributed by atoms with Gasteiger partial charge in [0.15, 0.2) is 0 Å². The van der Waals surface area contributed by atoms with Gasteiger partial charge in [-0.15, -0.1) is 0 Å². The van der Waals surface area contributed by atoms with Gasteiger partial charge in [0.25, 0.3) is 5.91 Å². The van der Waals surface area contributed by atoms with Crippen LogP contribution in [0.2, 0.25) is 0 Å². The Morgan fingerprint density at radius 3 is 2.38 bits per heavy atom. The van der Waals surface area contributed by atoms with Crippen molar-refractivity contribution in [3.8, 4) is 0 Å². The van der Waals surface area contributed by atoms with Gasteiger partial charge in [0.1, 0.15) is 6.10 Å². The molecule has 0 aliphatic carbocycles. The maximum absolute atomic E-state index is 12.0. The van der Waals surface area contributed by atoms with Crippen LogP contribution in [0, 0.1) is 0 Å². The average Bonchev–Trinajstić information content (AvgIpc) is 2.54. The van der Waals surface area contributed by atoms with Crippen LogP contribution in [0.25, 0.3) is 0 Å². The van der Waals surface area contributed by atoms with Gasteiger partial charge in [-0.05, 0) is 30.2 Å². The number of hydrogen-bond acceptors (Lipinski definition) is 3. The van der Waals surface area contributed by atoms with E-state index in [9.17, 15) is 4.79 Å². The van der Waals surface area contributed by atoms with Gasteiger partial charge in [0, 0.05) is 12.2 Å². The molecule has 0 bridgehead atoms. The van der Waals surface area contributed by atoms with Crippen molar-refractivity contribution >= 4 is 11.6 Å². The lowest BCUT2D eigenvalue weighted by Gasteiger charge is -2.13. The third-order valence-electron chi connectivity index (χ3n) is 3.17. The molecule has 1 atom stereocenters. The van der Waals surface area contributed by atoms with Crippen molar-refractivity contribution in [3.63, 3.8) is 0 Å². The zero-order valence-electron chi connectivity index (χ0n) is 12.1. The number of anilines is 1. The summed E-state index contributed by atoms with van der Waals surface area (Å²) in [5.74, 6) is -0.161. The van der Waals surface area contributed by atoms with Gasteiger partial charge in [0.05, 0.1) is 6.61 Å². The van der Waals surface area contributed by atoms with E-state index < -0.39 is 6.10 Å². The SMILES string of the molecule is CC(OCc1ccccc1)C(=O)Nc1ccc(CN)cc1. The van der Waals surface area contributed by atoms with Crippen molar-refractivity contribution in [3.05, 3.63) is 65.7 Å². The minimum Gasteiger partial charge on any atom is -0.364 e. The Morgan fingerprint density at radius 1 is 1.10 bits per heavy atom. The molecule has 4 heteroatoms. The predicted octanol–water partition coefficient (Wildman–Crippen LogP) is 2.69. The number of carbonyl (C=O) groups is 1. The quantitative estimate of drug-likeness (QED) is 0.857. The molecule has 0 radical (unpaired) electrons. The van der Waals surface area contributed by atoms with Gasteiger partial charge < -0.3 is 15.8 Å². The Balaban J connectivity index is 1.84. The fourth-order valence-corrected chi connectivity index (χ4v) is 1.84. The van der Waals surface area contributed by atoms with E-state index in [0.29, 0.717) is 13.2 Å². The first-order valence-electron chi connectivity index (χ1n) is 6.94. The van der Waals surface area contributed by atoms with E-state index in [1.165, 1.54) is 0 Å². The minimum atomic E-state index is -0.514. The van der Waals surface area contributed by atoms with E-state index in [2.05, 4.69) is 5.32 Å². The Labute approximate surface area is 124 Å². The van der Waals surface area contributed by atoms with Crippen molar-refractivity contribution in [2.45, 2.75) is 26.2 Å². The largest absolute Gasteiger partial charge is 0.364 e. The molecular formula is C17H20N2O2. The highest BCUT2D eigenvalue weighted by atomic mass is 16.5. The molecule has 1 amide bonds. The Bertz CT molecular complexity index is 567. The number of nitrogens with one attached hydrogen (secondary N) is 1. The average molecular weight is 284 g/mol. The molecule has 0 aliphatic rings. The second-order valence-electron chi connectivity index (χ2n) is 4.83. The molecule has 1 unspecified atom stereocenters. The molecular weight excluding hydrogens is 264 g/mol. The molecule has 0 fully saturated rings. The number of hydrogen-bond donors (Lipinski definition) is 2. The zero-order chi connectivity index (χ0) is 15.1. The monoisotopic (exact) mass is 284 g/mol. The number of ether oxygens (including phenoxy) is 1. The van der Waals surface area contributed by atoms with Crippen LogP contribution in [-0.4, -0.2) is 12.0 Å². The van der Waals surface area contributed by atoms with Crippen molar-refractivity contribution in [1.82, 2.24) is 0 Å². The van der Waals surface area contributed by atoms with E-state index in [0.717, 1.165) is 16.8 Å². The van der Waals surface area contributed by atoms with Gasteiger partial charge in [-0.1, -0.05) is 42.5 Å². The number of nitrogens with two attached hydrogens (primary N) is 1. The van der Waals surface area contributed by atoms with Gasteiger partial charge in [-0.3, -0.25) is 4.79 Å². The maximum Gasteiger partial charge on any atom is 0.253 e. The smallest absolute Gasteiger partial charge is 0.253 e. The van der Waals surface area contributed by atoms with E-state index in [4.69, 9.17) is 10.5 Å². The number of carbonyl (C=O) groups excluding carboxylic acids is 1. The zero-order valence-corrected chi connectivity index (χ0v) is 12.1. The second kappa shape index (κ2) is 7.57. The summed E-state index contributed by atoms with van der Waals surface area (Å²) in [6.45, 7) is 2.65. The number of rotatable bonds is 6. The highest BCUT2D eigenvalue weighted by Crippen LogP contribution is 2.11. The first kappa shape index (κ1) is 15.2. The Morgan fingerprint density at radius 2 is 1.76 bits per heavy atom. The molecule has 0 heterocycles. The minimum absolute atomic E-state index is 0.161. The summed E-state index contributed by atoms with van der Waals surface area (Å²) in [5, 5.41) is 2.82. The number of amides is 1. The van der Waals surface area contributed by atoms with Crippen LogP contribution in [0.5, 0.6) is 0 Å². The fraction of sp³-hybridized carbons (Fsp3) is 0.235. The van der Waals surface area contributed by atoms with Gasteiger partial charge in [-0.25, -0.2) is 0 Å². The lowest BCUT2D eigenvalue weighted by Crippen LogP contribution is -2.27. The van der Waals surface area contributed by atoms with E-state index in [1.54, 1.807) is 6.92 Å². The van der Waals surface area contributed by atoms with Crippen molar-refractivity contribution in [2.75, 3.05) is 5.32 Å². The topological polar surface area (TPSA) is 64.3 Å². The molecule has 2 aromatic carbocycles. The van der Waals surface area contributed by atoms with Crippen LogP contribution in [0.3, 0.4) is 0 Å². The molecule has 4 nitrogen and oxygen atoms in total. The van der Waals surface area contributed by atoms with E-state index in [1.807, 2.05) is 54.6 Å². The molecule has 0 aromatic heterocycles. The first-order chi connectivity index (χ1) is 10.2. The molecule has 21 heavy (non-hydrogen) atoms. The lowest BCUT2D eigenvalue weighted by molar-refractivity contribution is -0.127. The Kier molecular flexibility index (Phi) is 5.49. The predicted molar refractivity (Wildman–Crippen MR) is 83.7 cm³/mol. The molecule has 2 rings (SSSR count). The summed E-state index contributed by atoms with van der Waals surface area (Å²) in [6, 6.07) is 17.2. The molecule has 110 valence electrons. The summed E-state index contributed by atoms with van der Waals surface area (Å²) in [4.78, 5) is 12.0. The van der Waals surface area contributed by atoms with Gasteiger partial charge >= 0.3 is 0 Å². The van der Waals surface area contributed by atoms with Crippen molar-refractivity contribution in [1.29, 1.82) is 0 Å². The fourth-order valence-electron chi connectivity index (χ4n) is 1.84. The summed E-state index contributed by atoms with van der Waals surface area (Å²) in [6.07, 6.45) is -0.514. The van der Waals surface area contributed by atoms with Crippen molar-refractivity contribution in [2.24, 2.45) is 5.73 Å². The third-order valence-corrected chi connectivity index (χ3v) is 3.17. The van der Waals surface area contributed by atoms with E-state index >= 15 is 0 Å². The molecule has 0 saturated heterocycles. The highest BCUT2D eigenvalue weighted by Gasteiger charge is 2.13. The van der Waals surface area contributed by atoms with Crippen LogP contribution in [0.4, 0.5) is 5.69 Å². The van der Waals surface area contributed by atoms with Crippen LogP contribution >= 0.6 is 0 Å². The standard InChI is InChI=1S/C17H20N2O2/c1-13(21-12-15-5-3-2-4-6-15)17(20)19-16-9-7-14(11-18)8-10-16/h2-10,13H,11-12,18H2,1H3,(H,19,20). The molecule has 0 saturated carbocycles. The molecule has 3 N–H and O–H groups in total. The Hall–Kier alpha value is -2.17. The second-order valence-corrected chi connectivity index (χ2v) is 4.83. The highest BCUT2D eigenvalue weighted by molar-refractivity contribution is 5.93. The number of benzene rings is 2. The van der Waals surface area contributed by atoms with Gasteiger partial charge in [-0.2, -0.15) is 0 Å². The molecule has 2 aromatic rings. The summed E-state index contributed by atoms with van der Waals surface area (Å²) in [5.41, 5.74) is 8.35. The van der Waals surface area contributed by atoms with Crippen molar-refractivity contribution < 1.29 is 9.53 Å².